The highest BCUT2D eigenvalue weighted by atomic mass is 32.2. The Labute approximate surface area is 294 Å². The largest absolute Gasteiger partial charge is 0.443 e. The molecule has 2 aliphatic rings. The molecule has 0 bridgehead atoms. The minimum Gasteiger partial charge on any atom is -0.443 e. The lowest BCUT2D eigenvalue weighted by Gasteiger charge is -2.35. The van der Waals surface area contributed by atoms with E-state index in [1.54, 1.807) is 13.0 Å². The van der Waals surface area contributed by atoms with Crippen LogP contribution in [-0.2, 0) is 35.4 Å². The average Bonchev–Trinajstić information content (AvgIpc) is 3.69. The Morgan fingerprint density at radius 1 is 1.18 bits per heavy atom. The zero-order valence-electron chi connectivity index (χ0n) is 29.1. The maximum atomic E-state index is 14.4. The number of benzene rings is 2. The van der Waals surface area contributed by atoms with Crippen LogP contribution in [0.25, 0.3) is 0 Å². The highest BCUT2D eigenvalue weighted by Gasteiger charge is 2.44. The number of rotatable bonds is 16. The Hall–Kier alpha value is -4.00. The summed E-state index contributed by atoms with van der Waals surface area (Å²) >= 11 is 0. The van der Waals surface area contributed by atoms with Gasteiger partial charge in [-0.25, -0.2) is 18.0 Å². The predicted molar refractivity (Wildman–Crippen MR) is 185 cm³/mol. The van der Waals surface area contributed by atoms with E-state index >= 15 is 0 Å². The van der Waals surface area contributed by atoms with Crippen LogP contribution >= 0.6 is 0 Å². The monoisotopic (exact) mass is 712 g/mol. The number of fused-ring (bicyclic) bond motifs is 1. The zero-order chi connectivity index (χ0) is 36.5. The van der Waals surface area contributed by atoms with Gasteiger partial charge in [-0.1, -0.05) is 56.8 Å². The number of nitrogens with one attached hydrogen (secondary N) is 1. The van der Waals surface area contributed by atoms with Crippen molar-refractivity contribution in [3.63, 3.8) is 0 Å². The quantitative estimate of drug-likeness (QED) is 0.227. The molecule has 2 aliphatic heterocycles. The van der Waals surface area contributed by atoms with E-state index in [4.69, 9.17) is 18.9 Å². The summed E-state index contributed by atoms with van der Waals surface area (Å²) in [7, 11) is -4.31. The summed E-state index contributed by atoms with van der Waals surface area (Å²) in [5.74, 6) is 0.101. The number of aliphatic hydroxyl groups excluding tert-OH is 1. The normalized spacial score (nSPS) is 20.0. The highest BCUT2D eigenvalue weighted by molar-refractivity contribution is 7.89. The fraction of sp³-hybridized carbons (Fsp3) is 0.528. The zero-order valence-corrected chi connectivity index (χ0v) is 29.9. The molecule has 13 nitrogen and oxygen atoms in total. The van der Waals surface area contributed by atoms with Crippen LogP contribution in [0.5, 0.6) is 0 Å². The third-order valence-electron chi connectivity index (χ3n) is 8.78. The molecule has 2 unspecified atom stereocenters. The maximum absolute atomic E-state index is 14.4. The molecule has 2 fully saturated rings. The van der Waals surface area contributed by atoms with Gasteiger partial charge in [-0.2, -0.15) is 9.57 Å². The number of amides is 2. The van der Waals surface area contributed by atoms with Crippen molar-refractivity contribution >= 4 is 27.9 Å². The molecule has 0 saturated carbocycles. The molecular weight excluding hydrogens is 664 g/mol. The number of aliphatic hydroxyl groups is 1. The van der Waals surface area contributed by atoms with E-state index in [9.17, 15) is 28.4 Å². The molecule has 0 aromatic heterocycles. The summed E-state index contributed by atoms with van der Waals surface area (Å²) < 4.78 is 52.1. The Bertz CT molecular complexity index is 1630. The molecule has 4 rings (SSSR count). The van der Waals surface area contributed by atoms with E-state index in [-0.39, 0.29) is 55.7 Å². The third-order valence-corrected chi connectivity index (χ3v) is 10.6. The van der Waals surface area contributed by atoms with Crippen molar-refractivity contribution in [3.05, 3.63) is 72.5 Å². The van der Waals surface area contributed by atoms with E-state index < -0.39 is 52.2 Å². The van der Waals surface area contributed by atoms with Gasteiger partial charge in [0, 0.05) is 31.7 Å². The van der Waals surface area contributed by atoms with E-state index in [0.717, 1.165) is 5.56 Å². The van der Waals surface area contributed by atoms with Gasteiger partial charge < -0.3 is 29.4 Å². The molecule has 0 aliphatic carbocycles. The number of nitriles is 1. The standard InChI is InChI=1S/C36H48N4O9S/c1-6-40(35(43)48-25(2)3)27-14-10-15-28(21-27)50(44,45)39(24-36(4,5)17-11-18-37)22-31(41)30(20-26-12-8-7-9-13-26)38-34(42)49-32-23-47-33-29(32)16-19-46-33/h7-10,12-15,21,29-33,41H,2,6,11,16-17,19-20,22-24H2,1,3-5H3,(H,38,42)/t29-,30?,31?,32-,33+/m0/s1. The average molecular weight is 713 g/mol. The molecule has 2 amide bonds. The molecule has 0 radical (unpaired) electrons. The first-order valence-corrected chi connectivity index (χ1v) is 18.2. The number of carbonyl (C=O) groups is 2. The molecule has 2 saturated heterocycles. The Balaban J connectivity index is 1.63. The number of hydrogen-bond donors (Lipinski definition) is 2. The van der Waals surface area contributed by atoms with Crippen LogP contribution in [0.15, 0.2) is 71.8 Å². The molecule has 2 aromatic rings. The number of ether oxygens (including phenoxy) is 4. The number of carbonyl (C=O) groups excluding carboxylic acids is 2. The highest BCUT2D eigenvalue weighted by Crippen LogP contribution is 2.33. The predicted octanol–water partition coefficient (Wildman–Crippen LogP) is 4.96. The van der Waals surface area contributed by atoms with E-state index in [1.807, 2.05) is 44.2 Å². The van der Waals surface area contributed by atoms with Crippen molar-refractivity contribution in [1.29, 1.82) is 5.26 Å². The number of alkyl carbamates (subject to hydrolysis) is 1. The first-order valence-electron chi connectivity index (χ1n) is 16.8. The molecule has 5 atom stereocenters. The summed E-state index contributed by atoms with van der Waals surface area (Å²) in [4.78, 5) is 27.2. The number of anilines is 1. The fourth-order valence-corrected chi connectivity index (χ4v) is 7.82. The second-order valence-corrected chi connectivity index (χ2v) is 15.3. The smallest absolute Gasteiger partial charge is 0.419 e. The van der Waals surface area contributed by atoms with Crippen molar-refractivity contribution in [1.82, 2.24) is 9.62 Å². The molecule has 2 heterocycles. The molecule has 50 heavy (non-hydrogen) atoms. The van der Waals surface area contributed by atoms with Gasteiger partial charge in [0.25, 0.3) is 0 Å². The van der Waals surface area contributed by atoms with Gasteiger partial charge in [0.15, 0.2) is 6.29 Å². The van der Waals surface area contributed by atoms with Crippen molar-refractivity contribution in [2.24, 2.45) is 11.3 Å². The first kappa shape index (κ1) is 38.8. The van der Waals surface area contributed by atoms with Crippen LogP contribution in [0.1, 0.15) is 52.5 Å². The topological polar surface area (TPSA) is 168 Å². The van der Waals surface area contributed by atoms with Gasteiger partial charge in [0.1, 0.15) is 6.10 Å². The van der Waals surface area contributed by atoms with Crippen LogP contribution in [0.3, 0.4) is 0 Å². The number of sulfonamides is 1. The van der Waals surface area contributed by atoms with E-state index in [2.05, 4.69) is 18.0 Å². The summed E-state index contributed by atoms with van der Waals surface area (Å²) in [5.41, 5.74) is 0.439. The second kappa shape index (κ2) is 17.3. The van der Waals surface area contributed by atoms with Crippen molar-refractivity contribution in [2.45, 2.75) is 82.8 Å². The van der Waals surface area contributed by atoms with Gasteiger partial charge >= 0.3 is 12.2 Å². The maximum Gasteiger partial charge on any atom is 0.419 e. The van der Waals surface area contributed by atoms with Crippen LogP contribution in [0.2, 0.25) is 0 Å². The van der Waals surface area contributed by atoms with Crippen LogP contribution < -0.4 is 10.2 Å². The number of nitrogens with zero attached hydrogens (tertiary/aromatic N) is 3. The summed E-state index contributed by atoms with van der Waals surface area (Å²) in [6.07, 6.45) is -2.30. The van der Waals surface area contributed by atoms with Crippen LogP contribution in [0, 0.1) is 22.7 Å². The van der Waals surface area contributed by atoms with E-state index in [1.165, 1.54) is 34.3 Å². The third kappa shape index (κ3) is 10.3. The lowest BCUT2D eigenvalue weighted by Crippen LogP contribution is -2.52. The minimum atomic E-state index is -4.31. The summed E-state index contributed by atoms with van der Waals surface area (Å²) in [6.45, 7) is 11.0. The van der Waals surface area contributed by atoms with Crippen molar-refractivity contribution in [2.75, 3.05) is 37.7 Å². The Morgan fingerprint density at radius 3 is 2.60 bits per heavy atom. The lowest BCUT2D eigenvalue weighted by atomic mass is 9.88. The van der Waals surface area contributed by atoms with Gasteiger partial charge in [0.05, 0.1) is 48.0 Å². The first-order chi connectivity index (χ1) is 23.7. The Morgan fingerprint density at radius 2 is 1.92 bits per heavy atom. The second-order valence-electron chi connectivity index (χ2n) is 13.4. The fourth-order valence-electron chi connectivity index (χ4n) is 6.14. The number of allylic oxidation sites excluding steroid dienone is 1. The molecule has 2 N–H and O–H groups in total. The Kier molecular flexibility index (Phi) is 13.4. The number of hydrogen-bond acceptors (Lipinski definition) is 10. The van der Waals surface area contributed by atoms with Gasteiger partial charge in [-0.15, -0.1) is 0 Å². The van der Waals surface area contributed by atoms with Gasteiger partial charge in [-0.3, -0.25) is 4.90 Å². The molecule has 2 aromatic carbocycles. The SMILES string of the molecule is C=C(C)OC(=O)N(CC)c1cccc(S(=O)(=O)N(CC(O)C(Cc2ccccc2)NC(=O)O[C@H]2CO[C@H]3OCC[C@H]32)CC(C)(C)CCC#N)c1. The van der Waals surface area contributed by atoms with Gasteiger partial charge in [0.2, 0.25) is 10.0 Å². The van der Waals surface area contributed by atoms with Crippen molar-refractivity contribution in [3.8, 4) is 6.07 Å². The van der Waals surface area contributed by atoms with Crippen LogP contribution in [-0.4, -0.2) is 87.4 Å². The lowest BCUT2D eigenvalue weighted by molar-refractivity contribution is -0.0907. The summed E-state index contributed by atoms with van der Waals surface area (Å²) in [5, 5.41) is 23.8. The van der Waals surface area contributed by atoms with Gasteiger partial charge in [-0.05, 0) is 62.3 Å². The molecular formula is C36H48N4O9S. The molecule has 272 valence electrons. The van der Waals surface area contributed by atoms with E-state index in [0.29, 0.717) is 25.1 Å². The van der Waals surface area contributed by atoms with Crippen LogP contribution in [0.4, 0.5) is 15.3 Å². The molecule has 0 spiro atoms. The van der Waals surface area contributed by atoms with Crippen molar-refractivity contribution < 1.29 is 42.1 Å². The minimum absolute atomic E-state index is 0.0432. The molecule has 14 heteroatoms. The summed E-state index contributed by atoms with van der Waals surface area (Å²) in [6, 6.07) is 16.3.